The minimum Gasteiger partial charge on any atom is -0.340 e. The molecule has 1 aromatic heterocycles. The van der Waals surface area contributed by atoms with Gasteiger partial charge in [-0.1, -0.05) is 6.92 Å². The second-order valence-electron chi connectivity index (χ2n) is 4.62. The Hall–Kier alpha value is -1.10. The largest absolute Gasteiger partial charge is 0.340 e. The van der Waals surface area contributed by atoms with Gasteiger partial charge >= 0.3 is 0 Å². The van der Waals surface area contributed by atoms with E-state index in [1.807, 2.05) is 0 Å². The van der Waals surface area contributed by atoms with Crippen LogP contribution < -0.4 is 10.6 Å². The van der Waals surface area contributed by atoms with Gasteiger partial charge in [0.2, 0.25) is 5.95 Å². The van der Waals surface area contributed by atoms with Gasteiger partial charge in [-0.3, -0.25) is 5.10 Å². The summed E-state index contributed by atoms with van der Waals surface area (Å²) in [6.45, 7) is 6.22. The predicted octanol–water partition coefficient (Wildman–Crippen LogP) is 0.931. The Morgan fingerprint density at radius 2 is 2.19 bits per heavy atom. The van der Waals surface area contributed by atoms with Crippen molar-refractivity contribution in [3.8, 4) is 0 Å². The van der Waals surface area contributed by atoms with Crippen LogP contribution in [0.15, 0.2) is 0 Å². The average Bonchev–Trinajstić information content (AvgIpc) is 2.77. The highest BCUT2D eigenvalue weighted by atomic mass is 15.4. The van der Waals surface area contributed by atoms with Gasteiger partial charge in [0.05, 0.1) is 0 Å². The first kappa shape index (κ1) is 11.4. The highest BCUT2D eigenvalue weighted by Crippen LogP contribution is 2.22. The summed E-state index contributed by atoms with van der Waals surface area (Å²) in [4.78, 5) is 6.69. The SMILES string of the molecule is CCc1nc(N2CCC(C(C)N)CC2)n[nH]1. The van der Waals surface area contributed by atoms with Gasteiger partial charge in [-0.25, -0.2) is 0 Å². The van der Waals surface area contributed by atoms with E-state index in [1.165, 1.54) is 0 Å². The Morgan fingerprint density at radius 3 is 2.69 bits per heavy atom. The van der Waals surface area contributed by atoms with E-state index in [1.54, 1.807) is 0 Å². The predicted molar refractivity (Wildman–Crippen MR) is 64.3 cm³/mol. The van der Waals surface area contributed by atoms with Crippen LogP contribution in [-0.4, -0.2) is 34.3 Å². The second-order valence-corrected chi connectivity index (χ2v) is 4.62. The van der Waals surface area contributed by atoms with Crippen LogP contribution in [0.2, 0.25) is 0 Å². The Labute approximate surface area is 96.4 Å². The Morgan fingerprint density at radius 1 is 1.50 bits per heavy atom. The summed E-state index contributed by atoms with van der Waals surface area (Å²) in [5.41, 5.74) is 5.92. The van der Waals surface area contributed by atoms with Gasteiger partial charge in [-0.15, -0.1) is 5.10 Å². The van der Waals surface area contributed by atoms with E-state index >= 15 is 0 Å². The molecule has 3 N–H and O–H groups in total. The maximum absolute atomic E-state index is 5.92. The van der Waals surface area contributed by atoms with Crippen LogP contribution in [0.4, 0.5) is 5.95 Å². The van der Waals surface area contributed by atoms with E-state index in [4.69, 9.17) is 5.73 Å². The van der Waals surface area contributed by atoms with Crippen molar-refractivity contribution < 1.29 is 0 Å². The lowest BCUT2D eigenvalue weighted by atomic mass is 9.91. The van der Waals surface area contributed by atoms with E-state index in [9.17, 15) is 0 Å². The van der Waals surface area contributed by atoms with Crippen LogP contribution >= 0.6 is 0 Å². The molecule has 1 aromatic rings. The highest BCUT2D eigenvalue weighted by molar-refractivity contribution is 5.29. The van der Waals surface area contributed by atoms with Crippen molar-refractivity contribution in [2.75, 3.05) is 18.0 Å². The van der Waals surface area contributed by atoms with Crippen molar-refractivity contribution in [3.05, 3.63) is 5.82 Å². The number of rotatable bonds is 3. The molecule has 0 bridgehead atoms. The van der Waals surface area contributed by atoms with Gasteiger partial charge < -0.3 is 10.6 Å². The van der Waals surface area contributed by atoms with Crippen molar-refractivity contribution in [1.29, 1.82) is 0 Å². The monoisotopic (exact) mass is 223 g/mol. The molecule has 1 fully saturated rings. The summed E-state index contributed by atoms with van der Waals surface area (Å²) >= 11 is 0. The number of nitrogens with zero attached hydrogens (tertiary/aromatic N) is 3. The number of H-pyrrole nitrogens is 1. The molecule has 5 nitrogen and oxygen atoms in total. The van der Waals surface area contributed by atoms with E-state index in [0.29, 0.717) is 12.0 Å². The number of anilines is 1. The number of nitrogens with one attached hydrogen (secondary N) is 1. The molecule has 0 radical (unpaired) electrons. The molecule has 1 saturated heterocycles. The molecule has 1 unspecified atom stereocenters. The van der Waals surface area contributed by atoms with Gasteiger partial charge in [0.1, 0.15) is 5.82 Å². The number of aryl methyl sites for hydroxylation is 1. The molecular weight excluding hydrogens is 202 g/mol. The minimum absolute atomic E-state index is 0.306. The third kappa shape index (κ3) is 2.35. The maximum atomic E-state index is 5.92. The summed E-state index contributed by atoms with van der Waals surface area (Å²) in [5.74, 6) is 2.46. The second kappa shape index (κ2) is 4.82. The fourth-order valence-electron chi connectivity index (χ4n) is 2.21. The first-order valence-corrected chi connectivity index (χ1v) is 6.12. The van der Waals surface area contributed by atoms with Gasteiger partial charge in [0.25, 0.3) is 0 Å². The highest BCUT2D eigenvalue weighted by Gasteiger charge is 2.23. The zero-order chi connectivity index (χ0) is 11.5. The summed E-state index contributed by atoms with van der Waals surface area (Å²) < 4.78 is 0. The molecule has 1 aliphatic rings. The maximum Gasteiger partial charge on any atom is 0.244 e. The number of aromatic nitrogens is 3. The van der Waals surface area contributed by atoms with Crippen LogP contribution in [0.3, 0.4) is 0 Å². The molecule has 0 aromatic carbocycles. The Bertz CT molecular complexity index is 325. The number of hydrogen-bond donors (Lipinski definition) is 2. The molecule has 1 atom stereocenters. The molecule has 0 amide bonds. The van der Waals surface area contributed by atoms with Crippen LogP contribution in [0.1, 0.15) is 32.5 Å². The Balaban J connectivity index is 1.93. The molecule has 16 heavy (non-hydrogen) atoms. The van der Waals surface area contributed by atoms with Gasteiger partial charge in [0, 0.05) is 25.6 Å². The summed E-state index contributed by atoms with van der Waals surface area (Å²) in [6, 6.07) is 0.306. The van der Waals surface area contributed by atoms with Gasteiger partial charge in [-0.2, -0.15) is 4.98 Å². The normalized spacial score (nSPS) is 20.1. The third-order valence-electron chi connectivity index (χ3n) is 3.42. The molecule has 1 aliphatic heterocycles. The average molecular weight is 223 g/mol. The molecule has 90 valence electrons. The van der Waals surface area contributed by atoms with Crippen molar-refractivity contribution in [2.24, 2.45) is 11.7 Å². The molecule has 0 aliphatic carbocycles. The lowest BCUT2D eigenvalue weighted by Gasteiger charge is -2.32. The van der Waals surface area contributed by atoms with Crippen LogP contribution in [0.5, 0.6) is 0 Å². The van der Waals surface area contributed by atoms with Crippen molar-refractivity contribution in [1.82, 2.24) is 15.2 Å². The molecule has 2 rings (SSSR count). The molecule has 0 saturated carbocycles. The molecule has 5 heteroatoms. The fraction of sp³-hybridized carbons (Fsp3) is 0.818. The molecular formula is C11H21N5. The lowest BCUT2D eigenvalue weighted by Crippen LogP contribution is -2.40. The van der Waals surface area contributed by atoms with Gasteiger partial charge in [0.15, 0.2) is 0 Å². The smallest absolute Gasteiger partial charge is 0.244 e. The number of aromatic amines is 1. The lowest BCUT2D eigenvalue weighted by molar-refractivity contribution is 0.352. The van der Waals surface area contributed by atoms with Crippen molar-refractivity contribution >= 4 is 5.95 Å². The standard InChI is InChI=1S/C11H21N5/c1-3-10-13-11(15-14-10)16-6-4-9(5-7-16)8(2)12/h8-9H,3-7,12H2,1-2H3,(H,13,14,15). The number of piperidine rings is 1. The number of nitrogens with two attached hydrogens (primary N) is 1. The van der Waals surface area contributed by atoms with E-state index in [0.717, 1.165) is 44.1 Å². The number of hydrogen-bond acceptors (Lipinski definition) is 4. The van der Waals surface area contributed by atoms with Crippen LogP contribution in [0.25, 0.3) is 0 Å². The zero-order valence-electron chi connectivity index (χ0n) is 10.1. The van der Waals surface area contributed by atoms with E-state index in [2.05, 4.69) is 33.9 Å². The quantitative estimate of drug-likeness (QED) is 0.799. The topological polar surface area (TPSA) is 70.8 Å². The first-order chi connectivity index (χ1) is 7.70. The van der Waals surface area contributed by atoms with E-state index < -0.39 is 0 Å². The van der Waals surface area contributed by atoms with Crippen LogP contribution in [-0.2, 0) is 6.42 Å². The summed E-state index contributed by atoms with van der Waals surface area (Å²) in [5, 5.41) is 7.20. The van der Waals surface area contributed by atoms with E-state index in [-0.39, 0.29) is 0 Å². The first-order valence-electron chi connectivity index (χ1n) is 6.12. The molecule has 0 spiro atoms. The fourth-order valence-corrected chi connectivity index (χ4v) is 2.21. The molecule has 2 heterocycles. The Kier molecular flexibility index (Phi) is 3.43. The van der Waals surface area contributed by atoms with Crippen molar-refractivity contribution in [3.63, 3.8) is 0 Å². The minimum atomic E-state index is 0.306. The third-order valence-corrected chi connectivity index (χ3v) is 3.42. The summed E-state index contributed by atoms with van der Waals surface area (Å²) in [7, 11) is 0. The zero-order valence-corrected chi connectivity index (χ0v) is 10.1. The van der Waals surface area contributed by atoms with Crippen molar-refractivity contribution in [2.45, 2.75) is 39.2 Å². The summed E-state index contributed by atoms with van der Waals surface area (Å²) in [6.07, 6.45) is 3.20. The van der Waals surface area contributed by atoms with Gasteiger partial charge in [-0.05, 0) is 25.7 Å². The van der Waals surface area contributed by atoms with Crippen LogP contribution in [0, 0.1) is 5.92 Å².